The molecule has 0 aliphatic heterocycles. The van der Waals surface area contributed by atoms with Crippen molar-refractivity contribution in [3.05, 3.63) is 0 Å². The van der Waals surface area contributed by atoms with Crippen LogP contribution in [0.5, 0.6) is 0 Å². The molecule has 0 aromatic carbocycles. The summed E-state index contributed by atoms with van der Waals surface area (Å²) in [4.78, 5) is 0. The third-order valence-corrected chi connectivity index (χ3v) is 4.05. The predicted octanol–water partition coefficient (Wildman–Crippen LogP) is 6.55. The number of hydrogen-bond acceptors (Lipinski definition) is 0. The average Bonchev–Trinajstić information content (AvgIpc) is 2.39. The second-order valence-corrected chi connectivity index (χ2v) is 4.89. The lowest BCUT2D eigenvalue weighted by Crippen LogP contribution is -2.33. The van der Waals surface area contributed by atoms with Gasteiger partial charge in [0.05, 0.1) is 0 Å². The highest BCUT2D eigenvalue weighted by molar-refractivity contribution is 4.86. The lowest BCUT2D eigenvalue weighted by Gasteiger charge is -2.43. The van der Waals surface area contributed by atoms with Gasteiger partial charge in [-0.25, -0.2) is 0 Å². The molecule has 106 valence electrons. The van der Waals surface area contributed by atoms with E-state index in [1.165, 1.54) is 32.1 Å². The summed E-state index contributed by atoms with van der Waals surface area (Å²) in [5, 5.41) is 0. The van der Waals surface area contributed by atoms with Gasteiger partial charge in [0.2, 0.25) is 0 Å². The van der Waals surface area contributed by atoms with Crippen LogP contribution in [0, 0.1) is 23.7 Å². The first-order chi connectivity index (χ1) is 8.27. The first-order valence-electron chi connectivity index (χ1n) is 8.27. The second kappa shape index (κ2) is 12.5. The molecule has 2 saturated carbocycles. The molecule has 2 rings (SSSR count). The molecule has 2 aliphatic rings. The van der Waals surface area contributed by atoms with Crippen LogP contribution < -0.4 is 0 Å². The topological polar surface area (TPSA) is 0 Å². The molecule has 0 heteroatoms. The van der Waals surface area contributed by atoms with Gasteiger partial charge < -0.3 is 0 Å². The largest absolute Gasteiger partial charge is 0.0683 e. The van der Waals surface area contributed by atoms with Crippen LogP contribution in [-0.4, -0.2) is 0 Å². The van der Waals surface area contributed by atoms with E-state index in [0.717, 1.165) is 23.7 Å². The minimum absolute atomic E-state index is 1.03. The Bertz CT molecular complexity index is 125. The molecule has 0 nitrogen and oxygen atoms in total. The molecule has 0 N–H and O–H groups in total. The highest BCUT2D eigenvalue weighted by Crippen LogP contribution is 2.46. The van der Waals surface area contributed by atoms with E-state index in [9.17, 15) is 0 Å². The van der Waals surface area contributed by atoms with Crippen LogP contribution in [0.25, 0.3) is 0 Å². The van der Waals surface area contributed by atoms with E-state index in [2.05, 4.69) is 13.8 Å². The minimum atomic E-state index is 1.03. The van der Waals surface area contributed by atoms with E-state index >= 15 is 0 Å². The highest BCUT2D eigenvalue weighted by Gasteiger charge is 2.35. The Labute approximate surface area is 112 Å². The Hall–Kier alpha value is 0. The fourth-order valence-electron chi connectivity index (χ4n) is 3.35. The van der Waals surface area contributed by atoms with Gasteiger partial charge in [-0.05, 0) is 36.5 Å². The van der Waals surface area contributed by atoms with Gasteiger partial charge in [-0.3, -0.25) is 0 Å². The zero-order chi connectivity index (χ0) is 13.8. The van der Waals surface area contributed by atoms with Crippen molar-refractivity contribution in [1.29, 1.82) is 0 Å². The standard InChI is InChI=1S/C11H20.3C2H6/c1-8-6-10-4-3-5-11(7-8)9(10)2;3*1-2/h8-11H,3-7H2,1-2H3;3*1-2H3. The lowest BCUT2D eigenvalue weighted by molar-refractivity contribution is 0.0740. The van der Waals surface area contributed by atoms with Crippen molar-refractivity contribution in [2.24, 2.45) is 23.7 Å². The monoisotopic (exact) mass is 242 g/mol. The summed E-state index contributed by atoms with van der Waals surface area (Å²) in [6.07, 6.45) is 7.63. The van der Waals surface area contributed by atoms with Crippen LogP contribution in [-0.2, 0) is 0 Å². The van der Waals surface area contributed by atoms with Crippen molar-refractivity contribution >= 4 is 0 Å². The van der Waals surface area contributed by atoms with Crippen LogP contribution in [0.3, 0.4) is 0 Å². The fourth-order valence-corrected chi connectivity index (χ4v) is 3.35. The Balaban J connectivity index is 0. The molecule has 2 aliphatic carbocycles. The smallest absolute Gasteiger partial charge is 0.0383 e. The van der Waals surface area contributed by atoms with Crippen LogP contribution >= 0.6 is 0 Å². The molecule has 2 bridgehead atoms. The van der Waals surface area contributed by atoms with Crippen LogP contribution in [0.2, 0.25) is 0 Å². The summed E-state index contributed by atoms with van der Waals surface area (Å²) in [5.41, 5.74) is 0. The predicted molar refractivity (Wildman–Crippen MR) is 82.4 cm³/mol. The lowest BCUT2D eigenvalue weighted by atomic mass is 9.62. The summed E-state index contributed by atoms with van der Waals surface area (Å²) < 4.78 is 0. The molecule has 0 aromatic heterocycles. The molecule has 0 aromatic rings. The van der Waals surface area contributed by atoms with E-state index in [0.29, 0.717) is 0 Å². The molecule has 0 saturated heterocycles. The Morgan fingerprint density at radius 2 is 1.00 bits per heavy atom. The summed E-state index contributed by atoms with van der Waals surface area (Å²) >= 11 is 0. The quantitative estimate of drug-likeness (QED) is 0.452. The summed E-state index contributed by atoms with van der Waals surface area (Å²) in [7, 11) is 0. The van der Waals surface area contributed by atoms with E-state index < -0.39 is 0 Å². The van der Waals surface area contributed by atoms with Gasteiger partial charge in [0.1, 0.15) is 0 Å². The van der Waals surface area contributed by atoms with Gasteiger partial charge in [0, 0.05) is 0 Å². The van der Waals surface area contributed by atoms with Crippen molar-refractivity contribution in [1.82, 2.24) is 0 Å². The van der Waals surface area contributed by atoms with Crippen LogP contribution in [0.15, 0.2) is 0 Å². The SMILES string of the molecule is CC.CC.CC.CC1CC2CCCC(C1)C2C. The molecule has 2 atom stereocenters. The van der Waals surface area contributed by atoms with Gasteiger partial charge in [-0.2, -0.15) is 0 Å². The van der Waals surface area contributed by atoms with Crippen molar-refractivity contribution in [2.45, 2.75) is 87.5 Å². The normalized spacial score (nSPS) is 33.9. The molecule has 0 heterocycles. The minimum Gasteiger partial charge on any atom is -0.0683 e. The summed E-state index contributed by atoms with van der Waals surface area (Å²) in [6, 6.07) is 0. The maximum atomic E-state index is 2.49. The molecule has 17 heavy (non-hydrogen) atoms. The van der Waals surface area contributed by atoms with Crippen LogP contribution in [0.4, 0.5) is 0 Å². The molecule has 0 radical (unpaired) electrons. The van der Waals surface area contributed by atoms with E-state index in [1.54, 1.807) is 0 Å². The second-order valence-electron chi connectivity index (χ2n) is 4.89. The Morgan fingerprint density at radius 1 is 0.647 bits per heavy atom. The van der Waals surface area contributed by atoms with Crippen molar-refractivity contribution in [3.8, 4) is 0 Å². The first-order valence-corrected chi connectivity index (χ1v) is 8.27. The Kier molecular flexibility index (Phi) is 14.2. The van der Waals surface area contributed by atoms with Gasteiger partial charge in [0.25, 0.3) is 0 Å². The van der Waals surface area contributed by atoms with Gasteiger partial charge in [0.15, 0.2) is 0 Å². The third-order valence-electron chi connectivity index (χ3n) is 4.05. The fraction of sp³-hybridized carbons (Fsp3) is 1.00. The molecule has 2 unspecified atom stereocenters. The maximum Gasteiger partial charge on any atom is -0.0383 e. The van der Waals surface area contributed by atoms with E-state index in [1.807, 2.05) is 41.5 Å². The molecular formula is C17H38. The van der Waals surface area contributed by atoms with Crippen molar-refractivity contribution in [3.63, 3.8) is 0 Å². The highest BCUT2D eigenvalue weighted by atomic mass is 14.4. The molecule has 0 amide bonds. The zero-order valence-corrected chi connectivity index (χ0v) is 13.8. The number of fused-ring (bicyclic) bond motifs is 2. The number of rotatable bonds is 0. The zero-order valence-electron chi connectivity index (χ0n) is 13.8. The van der Waals surface area contributed by atoms with Crippen molar-refractivity contribution in [2.75, 3.05) is 0 Å². The van der Waals surface area contributed by atoms with Gasteiger partial charge in [-0.15, -0.1) is 0 Å². The number of hydrogen-bond donors (Lipinski definition) is 0. The van der Waals surface area contributed by atoms with Gasteiger partial charge in [-0.1, -0.05) is 74.7 Å². The van der Waals surface area contributed by atoms with Gasteiger partial charge >= 0.3 is 0 Å². The maximum absolute atomic E-state index is 2.49. The van der Waals surface area contributed by atoms with E-state index in [4.69, 9.17) is 0 Å². The molecule has 0 spiro atoms. The van der Waals surface area contributed by atoms with E-state index in [-0.39, 0.29) is 0 Å². The van der Waals surface area contributed by atoms with Crippen LogP contribution in [0.1, 0.15) is 87.5 Å². The van der Waals surface area contributed by atoms with Crippen molar-refractivity contribution < 1.29 is 0 Å². The summed E-state index contributed by atoms with van der Waals surface area (Å²) in [5.74, 6) is 4.27. The third kappa shape index (κ3) is 6.48. The molecular weight excluding hydrogens is 204 g/mol. The Morgan fingerprint density at radius 3 is 1.35 bits per heavy atom. The average molecular weight is 242 g/mol. The summed E-state index contributed by atoms with van der Waals surface area (Å²) in [6.45, 7) is 16.9. The molecule has 2 fully saturated rings. The first kappa shape index (κ1) is 19.3.